The maximum absolute atomic E-state index is 11.7. The van der Waals surface area contributed by atoms with Crippen molar-refractivity contribution < 1.29 is 19.4 Å². The summed E-state index contributed by atoms with van der Waals surface area (Å²) in [5.41, 5.74) is 0. The Morgan fingerprint density at radius 1 is 1.26 bits per heavy atom. The molecule has 122 valence electrons. The van der Waals surface area contributed by atoms with Gasteiger partial charge in [0, 0.05) is 15.8 Å². The van der Waals surface area contributed by atoms with E-state index < -0.39 is 5.97 Å². The molecule has 0 unspecified atom stereocenters. The molecule has 0 atom stereocenters. The van der Waals surface area contributed by atoms with Gasteiger partial charge in [0.2, 0.25) is 5.91 Å². The molecular formula is C16H16BrNO4S. The van der Waals surface area contributed by atoms with Crippen LogP contribution in [0.4, 0.5) is 0 Å². The van der Waals surface area contributed by atoms with E-state index in [9.17, 15) is 9.59 Å². The van der Waals surface area contributed by atoms with Crippen LogP contribution < -0.4 is 10.1 Å². The maximum atomic E-state index is 11.7. The van der Waals surface area contributed by atoms with Gasteiger partial charge < -0.3 is 15.2 Å². The van der Waals surface area contributed by atoms with Gasteiger partial charge in [0.05, 0.1) is 13.2 Å². The minimum absolute atomic E-state index is 0.0758. The van der Waals surface area contributed by atoms with Gasteiger partial charge in [-0.1, -0.05) is 22.0 Å². The van der Waals surface area contributed by atoms with Crippen molar-refractivity contribution in [3.05, 3.63) is 50.6 Å². The molecule has 0 saturated carbocycles. The van der Waals surface area contributed by atoms with E-state index in [1.807, 2.05) is 24.3 Å². The molecule has 0 radical (unpaired) electrons. The summed E-state index contributed by atoms with van der Waals surface area (Å²) in [6.45, 7) is 0.815. The first-order valence-electron chi connectivity index (χ1n) is 7.01. The fraction of sp³-hybridized carbons (Fsp3) is 0.250. The predicted octanol–water partition coefficient (Wildman–Crippen LogP) is 3.68. The highest BCUT2D eigenvalue weighted by molar-refractivity contribution is 9.10. The number of carboxylic acid groups (broad SMARTS) is 1. The Morgan fingerprint density at radius 2 is 2.09 bits per heavy atom. The van der Waals surface area contributed by atoms with E-state index >= 15 is 0 Å². The number of amides is 1. The third-order valence-electron chi connectivity index (χ3n) is 2.95. The van der Waals surface area contributed by atoms with Crippen molar-refractivity contribution in [2.24, 2.45) is 0 Å². The van der Waals surface area contributed by atoms with Crippen LogP contribution in [0.1, 0.15) is 27.4 Å². The van der Waals surface area contributed by atoms with E-state index in [0.29, 0.717) is 26.0 Å². The monoisotopic (exact) mass is 397 g/mol. The molecule has 5 nitrogen and oxygen atoms in total. The Hall–Kier alpha value is -1.86. The fourth-order valence-corrected chi connectivity index (χ4v) is 3.01. The predicted molar refractivity (Wildman–Crippen MR) is 92.0 cm³/mol. The van der Waals surface area contributed by atoms with Gasteiger partial charge in [-0.2, -0.15) is 0 Å². The summed E-state index contributed by atoms with van der Waals surface area (Å²) >= 11 is 4.53. The molecule has 1 aromatic carbocycles. The van der Waals surface area contributed by atoms with Crippen LogP contribution in [0.15, 0.2) is 40.9 Å². The molecule has 0 aliphatic heterocycles. The van der Waals surface area contributed by atoms with Gasteiger partial charge in [0.25, 0.3) is 0 Å². The van der Waals surface area contributed by atoms with Gasteiger partial charge in [-0.3, -0.25) is 4.79 Å². The number of carbonyl (C=O) groups excluding carboxylic acids is 1. The summed E-state index contributed by atoms with van der Waals surface area (Å²) < 4.78 is 6.51. The van der Waals surface area contributed by atoms with E-state index in [2.05, 4.69) is 21.2 Å². The lowest BCUT2D eigenvalue weighted by atomic mass is 10.3. The largest absolute Gasteiger partial charge is 0.494 e. The normalized spacial score (nSPS) is 10.3. The van der Waals surface area contributed by atoms with Crippen LogP contribution in [0.25, 0.3) is 0 Å². The van der Waals surface area contributed by atoms with Gasteiger partial charge in [-0.05, 0) is 36.8 Å². The maximum Gasteiger partial charge on any atom is 0.345 e. The second-order valence-corrected chi connectivity index (χ2v) is 6.84. The van der Waals surface area contributed by atoms with Crippen LogP contribution in [-0.4, -0.2) is 23.6 Å². The Morgan fingerprint density at radius 3 is 2.78 bits per heavy atom. The zero-order valence-corrected chi connectivity index (χ0v) is 14.7. The summed E-state index contributed by atoms with van der Waals surface area (Å²) in [6, 6.07) is 10.8. The highest BCUT2D eigenvalue weighted by Gasteiger charge is 2.08. The Kier molecular flexibility index (Phi) is 6.61. The van der Waals surface area contributed by atoms with Crippen LogP contribution in [0, 0.1) is 0 Å². The van der Waals surface area contributed by atoms with E-state index in [1.165, 1.54) is 11.3 Å². The van der Waals surface area contributed by atoms with Crippen LogP contribution in [0.2, 0.25) is 0 Å². The number of benzene rings is 1. The summed E-state index contributed by atoms with van der Waals surface area (Å²) in [5, 5.41) is 11.6. The van der Waals surface area contributed by atoms with Gasteiger partial charge in [0.1, 0.15) is 10.6 Å². The molecule has 0 aliphatic carbocycles. The SMILES string of the molecule is O=C(CCCOc1cccc(Br)c1)NCc1ccc(C(=O)O)s1. The molecule has 0 spiro atoms. The van der Waals surface area contributed by atoms with Gasteiger partial charge >= 0.3 is 5.97 Å². The number of aromatic carboxylic acids is 1. The molecule has 1 heterocycles. The van der Waals surface area contributed by atoms with Crippen molar-refractivity contribution in [2.75, 3.05) is 6.61 Å². The average Bonchev–Trinajstić information content (AvgIpc) is 2.99. The number of halogens is 1. The quantitative estimate of drug-likeness (QED) is 0.666. The third-order valence-corrected chi connectivity index (χ3v) is 4.51. The Balaban J connectivity index is 1.64. The number of hydrogen-bond acceptors (Lipinski definition) is 4. The van der Waals surface area contributed by atoms with Crippen molar-refractivity contribution in [1.82, 2.24) is 5.32 Å². The number of thiophene rings is 1. The van der Waals surface area contributed by atoms with Crippen LogP contribution in [-0.2, 0) is 11.3 Å². The fourth-order valence-electron chi connectivity index (χ4n) is 1.84. The van der Waals surface area contributed by atoms with Crippen LogP contribution >= 0.6 is 27.3 Å². The number of carbonyl (C=O) groups is 2. The molecule has 0 fully saturated rings. The zero-order valence-electron chi connectivity index (χ0n) is 12.3. The zero-order chi connectivity index (χ0) is 16.7. The highest BCUT2D eigenvalue weighted by Crippen LogP contribution is 2.18. The molecule has 0 aliphatic rings. The molecule has 1 amide bonds. The number of hydrogen-bond donors (Lipinski definition) is 2. The van der Waals surface area contributed by atoms with Crippen molar-refractivity contribution in [3.63, 3.8) is 0 Å². The van der Waals surface area contributed by atoms with Gasteiger partial charge in [-0.25, -0.2) is 4.79 Å². The standard InChI is InChI=1S/C16H16BrNO4S/c17-11-3-1-4-12(9-11)22-8-2-5-15(19)18-10-13-6-7-14(23-13)16(20)21/h1,3-4,6-7,9H,2,5,8,10H2,(H,18,19)(H,20,21). The van der Waals surface area contributed by atoms with E-state index in [0.717, 1.165) is 15.1 Å². The van der Waals surface area contributed by atoms with Crippen molar-refractivity contribution in [1.29, 1.82) is 0 Å². The molecule has 0 saturated heterocycles. The second-order valence-electron chi connectivity index (χ2n) is 4.76. The minimum Gasteiger partial charge on any atom is -0.494 e. The van der Waals surface area contributed by atoms with Crippen molar-refractivity contribution >= 4 is 39.1 Å². The number of rotatable bonds is 8. The lowest BCUT2D eigenvalue weighted by Gasteiger charge is -2.07. The minimum atomic E-state index is -0.947. The smallest absolute Gasteiger partial charge is 0.345 e. The van der Waals surface area contributed by atoms with E-state index in [1.54, 1.807) is 12.1 Å². The molecule has 1 aromatic heterocycles. The van der Waals surface area contributed by atoms with Crippen LogP contribution in [0.5, 0.6) is 5.75 Å². The number of carboxylic acids is 1. The molecule has 2 N–H and O–H groups in total. The molecule has 7 heteroatoms. The van der Waals surface area contributed by atoms with E-state index in [-0.39, 0.29) is 10.8 Å². The Labute approximate surface area is 146 Å². The number of nitrogens with one attached hydrogen (secondary N) is 1. The van der Waals surface area contributed by atoms with Crippen molar-refractivity contribution in [3.8, 4) is 5.75 Å². The van der Waals surface area contributed by atoms with Crippen molar-refractivity contribution in [2.45, 2.75) is 19.4 Å². The third kappa shape index (κ3) is 6.03. The first-order valence-corrected chi connectivity index (χ1v) is 8.62. The number of ether oxygens (including phenoxy) is 1. The Bertz CT molecular complexity index is 686. The molecule has 0 bridgehead atoms. The second kappa shape index (κ2) is 8.69. The first-order chi connectivity index (χ1) is 11.0. The molecule has 23 heavy (non-hydrogen) atoms. The lowest BCUT2D eigenvalue weighted by molar-refractivity contribution is -0.121. The molecule has 2 aromatic rings. The summed E-state index contributed by atoms with van der Waals surface area (Å²) in [7, 11) is 0. The summed E-state index contributed by atoms with van der Waals surface area (Å²) in [5.74, 6) is -0.259. The average molecular weight is 398 g/mol. The van der Waals surface area contributed by atoms with Gasteiger partial charge in [0.15, 0.2) is 0 Å². The summed E-state index contributed by atoms with van der Waals surface area (Å²) in [4.78, 5) is 23.6. The van der Waals surface area contributed by atoms with Crippen LogP contribution in [0.3, 0.4) is 0 Å². The van der Waals surface area contributed by atoms with E-state index in [4.69, 9.17) is 9.84 Å². The topological polar surface area (TPSA) is 75.6 Å². The van der Waals surface area contributed by atoms with Gasteiger partial charge in [-0.15, -0.1) is 11.3 Å². The first kappa shape index (κ1) is 17.5. The molecule has 2 rings (SSSR count). The highest BCUT2D eigenvalue weighted by atomic mass is 79.9. The lowest BCUT2D eigenvalue weighted by Crippen LogP contribution is -2.22. The summed E-state index contributed by atoms with van der Waals surface area (Å²) in [6.07, 6.45) is 0.980. The molecular weight excluding hydrogens is 382 g/mol.